The lowest BCUT2D eigenvalue weighted by Crippen LogP contribution is -2.34. The highest BCUT2D eigenvalue weighted by molar-refractivity contribution is 7.86. The number of ketones is 1. The zero-order valence-corrected chi connectivity index (χ0v) is 14.6. The number of rotatable bonds is 8. The summed E-state index contributed by atoms with van der Waals surface area (Å²) in [6.07, 6.45) is 3.56. The summed E-state index contributed by atoms with van der Waals surface area (Å²) in [6.45, 7) is 9.95. The van der Waals surface area contributed by atoms with Gasteiger partial charge in [-0.15, -0.1) is 6.58 Å². The van der Waals surface area contributed by atoms with Crippen molar-refractivity contribution in [3.8, 4) is 0 Å². The number of hydrogen-bond acceptors (Lipinski definition) is 5. The molecule has 0 aromatic heterocycles. The molecule has 0 bridgehead atoms. The zero-order valence-electron chi connectivity index (χ0n) is 13.8. The number of carbonyl (C=O) groups excluding carboxylic acids is 1. The van der Waals surface area contributed by atoms with Gasteiger partial charge in [-0.2, -0.15) is 8.42 Å². The van der Waals surface area contributed by atoms with Gasteiger partial charge >= 0.3 is 0 Å². The Morgan fingerprint density at radius 3 is 2.50 bits per heavy atom. The van der Waals surface area contributed by atoms with Crippen LogP contribution in [0.15, 0.2) is 24.0 Å². The summed E-state index contributed by atoms with van der Waals surface area (Å²) >= 11 is 0. The highest BCUT2D eigenvalue weighted by Crippen LogP contribution is 2.32. The average Bonchev–Trinajstić information content (AvgIpc) is 2.37. The van der Waals surface area contributed by atoms with Gasteiger partial charge in [0, 0.05) is 12.0 Å². The van der Waals surface area contributed by atoms with Gasteiger partial charge in [0.1, 0.15) is 5.76 Å². The SMILES string of the molecule is C=CCC1=C(OCC(C)C)CCC(C(C)OS(C)(=O)=O)C1=O. The largest absolute Gasteiger partial charge is 0.497 e. The van der Waals surface area contributed by atoms with Crippen molar-refractivity contribution in [1.82, 2.24) is 0 Å². The van der Waals surface area contributed by atoms with Crippen LogP contribution in [-0.4, -0.2) is 33.2 Å². The minimum atomic E-state index is -3.58. The Labute approximate surface area is 133 Å². The maximum Gasteiger partial charge on any atom is 0.264 e. The van der Waals surface area contributed by atoms with E-state index in [0.717, 1.165) is 6.26 Å². The van der Waals surface area contributed by atoms with Gasteiger partial charge in [-0.05, 0) is 25.7 Å². The average molecular weight is 330 g/mol. The monoisotopic (exact) mass is 330 g/mol. The molecule has 5 nitrogen and oxygen atoms in total. The summed E-state index contributed by atoms with van der Waals surface area (Å²) in [5.74, 6) is 0.524. The van der Waals surface area contributed by atoms with Gasteiger partial charge in [-0.1, -0.05) is 19.9 Å². The molecule has 0 fully saturated rings. The molecular weight excluding hydrogens is 304 g/mol. The van der Waals surface area contributed by atoms with E-state index in [0.29, 0.717) is 43.1 Å². The Morgan fingerprint density at radius 1 is 1.36 bits per heavy atom. The Hall–Kier alpha value is -1.14. The Balaban J connectivity index is 2.93. The Kier molecular flexibility index (Phi) is 6.81. The minimum absolute atomic E-state index is 0.0962. The second kappa shape index (κ2) is 7.92. The van der Waals surface area contributed by atoms with Gasteiger partial charge in [0.15, 0.2) is 5.78 Å². The lowest BCUT2D eigenvalue weighted by atomic mass is 9.82. The molecule has 2 unspecified atom stereocenters. The van der Waals surface area contributed by atoms with E-state index in [9.17, 15) is 13.2 Å². The van der Waals surface area contributed by atoms with Gasteiger partial charge in [-0.3, -0.25) is 8.98 Å². The molecule has 6 heteroatoms. The van der Waals surface area contributed by atoms with E-state index in [1.165, 1.54) is 0 Å². The third-order valence-electron chi connectivity index (χ3n) is 3.49. The molecule has 1 rings (SSSR count). The summed E-state index contributed by atoms with van der Waals surface area (Å²) in [5.41, 5.74) is 0.593. The molecule has 0 spiro atoms. The molecule has 0 saturated heterocycles. The maximum absolute atomic E-state index is 12.6. The molecule has 1 aliphatic carbocycles. The fourth-order valence-electron chi connectivity index (χ4n) is 2.51. The maximum atomic E-state index is 12.6. The van der Waals surface area contributed by atoms with E-state index in [4.69, 9.17) is 8.92 Å². The first-order valence-corrected chi connectivity index (χ1v) is 9.35. The lowest BCUT2D eigenvalue weighted by molar-refractivity contribution is -0.123. The third-order valence-corrected chi connectivity index (χ3v) is 4.14. The molecule has 0 aliphatic heterocycles. The van der Waals surface area contributed by atoms with Crippen LogP contribution in [0, 0.1) is 11.8 Å². The number of hydrogen-bond donors (Lipinski definition) is 0. The van der Waals surface area contributed by atoms with Crippen molar-refractivity contribution in [3.05, 3.63) is 24.0 Å². The molecule has 1 aliphatic rings. The van der Waals surface area contributed by atoms with Crippen LogP contribution < -0.4 is 0 Å². The van der Waals surface area contributed by atoms with Crippen LogP contribution in [0.1, 0.15) is 40.0 Å². The summed E-state index contributed by atoms with van der Waals surface area (Å²) in [5, 5.41) is 0. The van der Waals surface area contributed by atoms with Crippen molar-refractivity contribution >= 4 is 15.9 Å². The van der Waals surface area contributed by atoms with Crippen molar-refractivity contribution in [1.29, 1.82) is 0 Å². The predicted octanol–water partition coefficient (Wildman–Crippen LogP) is 2.83. The molecule has 0 aromatic rings. The molecule has 0 heterocycles. The molecule has 0 amide bonds. The fraction of sp³-hybridized carbons (Fsp3) is 0.688. The van der Waals surface area contributed by atoms with Gasteiger partial charge in [0.25, 0.3) is 10.1 Å². The first-order chi connectivity index (χ1) is 10.2. The summed E-state index contributed by atoms with van der Waals surface area (Å²) in [4.78, 5) is 12.6. The number of allylic oxidation sites excluding steroid dienone is 3. The second-order valence-corrected chi connectivity index (χ2v) is 7.71. The van der Waals surface area contributed by atoms with E-state index < -0.39 is 22.1 Å². The molecule has 0 aromatic carbocycles. The highest BCUT2D eigenvalue weighted by Gasteiger charge is 2.35. The second-order valence-electron chi connectivity index (χ2n) is 6.11. The fourth-order valence-corrected chi connectivity index (χ4v) is 3.19. The predicted molar refractivity (Wildman–Crippen MR) is 85.8 cm³/mol. The minimum Gasteiger partial charge on any atom is -0.497 e. The van der Waals surface area contributed by atoms with Crippen LogP contribution in [-0.2, 0) is 23.8 Å². The summed E-state index contributed by atoms with van der Waals surface area (Å²) in [6, 6.07) is 0. The van der Waals surface area contributed by atoms with Crippen molar-refractivity contribution in [2.24, 2.45) is 11.8 Å². The standard InChI is InChI=1S/C16H26O5S/c1-6-7-14-15(20-10-11(2)3)9-8-13(16(14)17)12(4)21-22(5,18)19/h6,11-13H,1,7-10H2,2-5H3. The normalized spacial score (nSPS) is 21.1. The quantitative estimate of drug-likeness (QED) is 0.505. The molecule has 0 saturated carbocycles. The van der Waals surface area contributed by atoms with Gasteiger partial charge in [0.05, 0.1) is 24.9 Å². The molecule has 0 N–H and O–H groups in total. The summed E-state index contributed by atoms with van der Waals surface area (Å²) < 4.78 is 33.2. The molecule has 0 radical (unpaired) electrons. The molecular formula is C16H26O5S. The van der Waals surface area contributed by atoms with Crippen LogP contribution in [0.4, 0.5) is 0 Å². The van der Waals surface area contributed by atoms with Crippen LogP contribution in [0.2, 0.25) is 0 Å². The molecule has 22 heavy (non-hydrogen) atoms. The molecule has 126 valence electrons. The number of carbonyl (C=O) groups is 1. The first-order valence-electron chi connectivity index (χ1n) is 7.54. The van der Waals surface area contributed by atoms with Crippen LogP contribution in [0.5, 0.6) is 0 Å². The van der Waals surface area contributed by atoms with Crippen LogP contribution in [0.3, 0.4) is 0 Å². The first kappa shape index (κ1) is 18.9. The van der Waals surface area contributed by atoms with Crippen molar-refractivity contribution in [2.75, 3.05) is 12.9 Å². The van der Waals surface area contributed by atoms with E-state index in [2.05, 4.69) is 6.58 Å². The van der Waals surface area contributed by atoms with E-state index in [1.807, 2.05) is 13.8 Å². The van der Waals surface area contributed by atoms with Crippen LogP contribution >= 0.6 is 0 Å². The Morgan fingerprint density at radius 2 is 2.00 bits per heavy atom. The van der Waals surface area contributed by atoms with Gasteiger partial charge in [0.2, 0.25) is 0 Å². The van der Waals surface area contributed by atoms with E-state index in [-0.39, 0.29) is 5.78 Å². The third kappa shape index (κ3) is 5.57. The number of ether oxygens (including phenoxy) is 1. The van der Waals surface area contributed by atoms with Crippen LogP contribution in [0.25, 0.3) is 0 Å². The molecule has 2 atom stereocenters. The van der Waals surface area contributed by atoms with Crippen molar-refractivity contribution in [2.45, 2.75) is 46.1 Å². The lowest BCUT2D eigenvalue weighted by Gasteiger charge is -2.29. The highest BCUT2D eigenvalue weighted by atomic mass is 32.2. The van der Waals surface area contributed by atoms with Crippen molar-refractivity contribution in [3.63, 3.8) is 0 Å². The van der Waals surface area contributed by atoms with Gasteiger partial charge < -0.3 is 4.74 Å². The summed E-state index contributed by atoms with van der Waals surface area (Å²) in [7, 11) is -3.58. The number of Topliss-reactive ketones (excluding diaryl/α,β-unsaturated/α-hetero) is 1. The van der Waals surface area contributed by atoms with E-state index in [1.54, 1.807) is 13.0 Å². The zero-order chi connectivity index (χ0) is 16.9. The Bertz CT molecular complexity index is 545. The van der Waals surface area contributed by atoms with E-state index >= 15 is 0 Å². The smallest absolute Gasteiger partial charge is 0.264 e. The van der Waals surface area contributed by atoms with Gasteiger partial charge in [-0.25, -0.2) is 0 Å². The van der Waals surface area contributed by atoms with Crippen molar-refractivity contribution < 1.29 is 22.1 Å². The topological polar surface area (TPSA) is 69.7 Å².